The van der Waals surface area contributed by atoms with Crippen LogP contribution in [0.5, 0.6) is 0 Å². The Morgan fingerprint density at radius 3 is 2.12 bits per heavy atom. The molecule has 0 radical (unpaired) electrons. The van der Waals surface area contributed by atoms with Gasteiger partial charge in [-0.15, -0.1) is 0 Å². The Morgan fingerprint density at radius 1 is 0.909 bits per heavy atom. The Morgan fingerprint density at radius 2 is 1.55 bits per heavy atom. The molecule has 0 aromatic heterocycles. The number of sulfone groups is 1. The molecule has 0 unspecified atom stereocenters. The van der Waals surface area contributed by atoms with Crippen molar-refractivity contribution in [2.75, 3.05) is 39.4 Å². The summed E-state index contributed by atoms with van der Waals surface area (Å²) in [6.45, 7) is 2.28. The Labute approximate surface area is 193 Å². The summed E-state index contributed by atoms with van der Waals surface area (Å²) >= 11 is 0. The van der Waals surface area contributed by atoms with Crippen molar-refractivity contribution < 1.29 is 22.7 Å². The quantitative estimate of drug-likeness (QED) is 0.707. The lowest BCUT2D eigenvalue weighted by Crippen LogP contribution is -2.68. The van der Waals surface area contributed by atoms with Crippen LogP contribution in [0.2, 0.25) is 0 Å². The van der Waals surface area contributed by atoms with E-state index in [-0.39, 0.29) is 30.3 Å². The minimum atomic E-state index is -3.25. The maximum absolute atomic E-state index is 13.0. The molecular weight excluding hydrogens is 442 g/mol. The molecular formula is C24H27N3O5S. The van der Waals surface area contributed by atoms with Gasteiger partial charge in [-0.1, -0.05) is 24.3 Å². The molecule has 0 spiro atoms. The summed E-state index contributed by atoms with van der Waals surface area (Å²) in [5, 5.41) is -0.249. The summed E-state index contributed by atoms with van der Waals surface area (Å²) in [7, 11) is -3.25. The monoisotopic (exact) mass is 469 g/mol. The molecule has 174 valence electrons. The van der Waals surface area contributed by atoms with E-state index >= 15 is 0 Å². The molecule has 0 atom stereocenters. The zero-order chi connectivity index (χ0) is 23.2. The highest BCUT2D eigenvalue weighted by Gasteiger charge is 2.45. The Hall–Kier alpha value is -2.75. The lowest BCUT2D eigenvalue weighted by molar-refractivity contribution is -0.155. The first-order valence-corrected chi connectivity index (χ1v) is 12.7. The van der Waals surface area contributed by atoms with Gasteiger partial charge in [-0.2, -0.15) is 0 Å². The molecule has 2 heterocycles. The summed E-state index contributed by atoms with van der Waals surface area (Å²) < 4.78 is 30.2. The van der Waals surface area contributed by atoms with Crippen molar-refractivity contribution in [1.29, 1.82) is 0 Å². The first kappa shape index (κ1) is 22.1. The van der Waals surface area contributed by atoms with Gasteiger partial charge in [0.05, 0.1) is 23.4 Å². The highest BCUT2D eigenvalue weighted by molar-refractivity contribution is 7.92. The first-order valence-electron chi connectivity index (χ1n) is 11.2. The van der Waals surface area contributed by atoms with E-state index in [9.17, 15) is 18.0 Å². The summed E-state index contributed by atoms with van der Waals surface area (Å²) in [6, 6.07) is 14.2. The Bertz CT molecular complexity index is 1180. The second kappa shape index (κ2) is 8.23. The van der Waals surface area contributed by atoms with Gasteiger partial charge >= 0.3 is 0 Å². The van der Waals surface area contributed by atoms with Crippen LogP contribution < -0.4 is 5.73 Å². The van der Waals surface area contributed by atoms with Crippen LogP contribution in [0, 0.1) is 0 Å². The van der Waals surface area contributed by atoms with Crippen molar-refractivity contribution in [3.05, 3.63) is 54.1 Å². The lowest BCUT2D eigenvalue weighted by Gasteiger charge is -2.43. The van der Waals surface area contributed by atoms with Gasteiger partial charge in [-0.05, 0) is 48.2 Å². The zero-order valence-electron chi connectivity index (χ0n) is 18.3. The summed E-state index contributed by atoms with van der Waals surface area (Å²) in [4.78, 5) is 29.3. The molecule has 8 nitrogen and oxygen atoms in total. The topological polar surface area (TPSA) is 110 Å². The number of ether oxygens (including phenoxy) is 1. The van der Waals surface area contributed by atoms with Gasteiger partial charge < -0.3 is 20.3 Å². The van der Waals surface area contributed by atoms with E-state index < -0.39 is 15.4 Å². The molecule has 3 fully saturated rings. The lowest BCUT2D eigenvalue weighted by atomic mass is 9.96. The van der Waals surface area contributed by atoms with Gasteiger partial charge in [0.25, 0.3) is 5.91 Å². The second-order valence-corrected chi connectivity index (χ2v) is 11.3. The average molecular weight is 470 g/mol. The van der Waals surface area contributed by atoms with E-state index in [1.54, 1.807) is 40.1 Å². The number of hydrogen-bond acceptors (Lipinski definition) is 6. The fraction of sp³-hybridized carbons (Fsp3) is 0.417. The third kappa shape index (κ3) is 4.16. The third-order valence-electron chi connectivity index (χ3n) is 6.59. The van der Waals surface area contributed by atoms with E-state index in [1.807, 2.05) is 18.2 Å². The highest BCUT2D eigenvalue weighted by atomic mass is 32.2. The maximum Gasteiger partial charge on any atom is 0.253 e. The number of rotatable bonds is 5. The molecule has 2 N–H and O–H groups in total. The fourth-order valence-electron chi connectivity index (χ4n) is 4.28. The average Bonchev–Trinajstić information content (AvgIpc) is 3.68. The van der Waals surface area contributed by atoms with Crippen molar-refractivity contribution in [2.24, 2.45) is 5.73 Å². The summed E-state index contributed by atoms with van der Waals surface area (Å²) in [5.41, 5.74) is 7.34. The number of nitrogens with two attached hydrogens (primary N) is 1. The molecule has 2 aliphatic heterocycles. The number of carbonyl (C=O) groups is 2. The van der Waals surface area contributed by atoms with Crippen molar-refractivity contribution in [3.63, 3.8) is 0 Å². The van der Waals surface area contributed by atoms with Crippen LogP contribution in [0.25, 0.3) is 11.1 Å². The molecule has 3 aliphatic rings. The van der Waals surface area contributed by atoms with Crippen LogP contribution in [-0.4, -0.2) is 80.2 Å². The van der Waals surface area contributed by atoms with Crippen LogP contribution in [0.3, 0.4) is 0 Å². The number of benzene rings is 2. The largest absolute Gasteiger partial charge is 0.376 e. The molecule has 2 aromatic carbocycles. The van der Waals surface area contributed by atoms with E-state index in [0.717, 1.165) is 24.0 Å². The second-order valence-electron chi connectivity index (χ2n) is 9.08. The van der Waals surface area contributed by atoms with Crippen molar-refractivity contribution in [1.82, 2.24) is 9.80 Å². The highest BCUT2D eigenvalue weighted by Crippen LogP contribution is 2.34. The summed E-state index contributed by atoms with van der Waals surface area (Å²) in [6.07, 6.45) is 1.46. The van der Waals surface area contributed by atoms with Crippen molar-refractivity contribution in [2.45, 2.75) is 28.5 Å². The Kier molecular flexibility index (Phi) is 5.50. The molecule has 2 amide bonds. The Balaban J connectivity index is 1.24. The third-order valence-corrected chi connectivity index (χ3v) is 8.85. The molecule has 1 saturated carbocycles. The minimum Gasteiger partial charge on any atom is -0.376 e. The van der Waals surface area contributed by atoms with Crippen molar-refractivity contribution in [3.8, 4) is 11.1 Å². The molecule has 1 aliphatic carbocycles. The molecule has 9 heteroatoms. The number of nitrogens with zero attached hydrogens (tertiary/aromatic N) is 2. The van der Waals surface area contributed by atoms with Gasteiger partial charge in [-0.25, -0.2) is 8.42 Å². The van der Waals surface area contributed by atoms with Crippen LogP contribution in [0.15, 0.2) is 53.4 Å². The van der Waals surface area contributed by atoms with Gasteiger partial charge in [0.15, 0.2) is 9.84 Å². The van der Waals surface area contributed by atoms with E-state index in [1.165, 1.54) is 0 Å². The molecule has 33 heavy (non-hydrogen) atoms. The van der Waals surface area contributed by atoms with Crippen LogP contribution in [0.1, 0.15) is 23.2 Å². The SMILES string of the molecule is NC1(C(=O)N2CCN(C(=O)c3ccc(-c4cccc(S(=O)(=O)C5CC5)c4)cc3)CC2)COC1. The number of amides is 2. The number of piperazine rings is 1. The normalized spacial score (nSPS) is 20.3. The van der Waals surface area contributed by atoms with Gasteiger partial charge in [-0.3, -0.25) is 9.59 Å². The number of carbonyl (C=O) groups excluding carboxylic acids is 2. The predicted molar refractivity (Wildman–Crippen MR) is 122 cm³/mol. The van der Waals surface area contributed by atoms with Gasteiger partial charge in [0.2, 0.25) is 5.91 Å². The minimum absolute atomic E-state index is 0.0897. The fourth-order valence-corrected chi connectivity index (χ4v) is 5.99. The number of hydrogen-bond donors (Lipinski definition) is 1. The standard InChI is InChI=1S/C24H27N3O5S/c25-24(15-32-16-24)23(29)27-12-10-26(11-13-27)22(28)18-6-4-17(5-7-18)19-2-1-3-21(14-19)33(30,31)20-8-9-20/h1-7,14,20H,8-13,15-16,25H2. The van der Waals surface area contributed by atoms with E-state index in [4.69, 9.17) is 10.5 Å². The molecule has 5 rings (SSSR count). The smallest absolute Gasteiger partial charge is 0.253 e. The van der Waals surface area contributed by atoms with Crippen LogP contribution >= 0.6 is 0 Å². The molecule has 2 saturated heterocycles. The zero-order valence-corrected chi connectivity index (χ0v) is 19.1. The maximum atomic E-state index is 13.0. The van der Waals surface area contributed by atoms with Gasteiger partial charge in [0, 0.05) is 31.7 Å². The van der Waals surface area contributed by atoms with Crippen LogP contribution in [0.4, 0.5) is 0 Å². The van der Waals surface area contributed by atoms with Crippen molar-refractivity contribution >= 4 is 21.7 Å². The molecule has 2 aromatic rings. The summed E-state index contributed by atoms with van der Waals surface area (Å²) in [5.74, 6) is -0.204. The van der Waals surface area contributed by atoms with Gasteiger partial charge in [0.1, 0.15) is 5.54 Å². The molecule has 0 bridgehead atoms. The first-order chi connectivity index (χ1) is 15.8. The predicted octanol–water partition coefficient (Wildman–Crippen LogP) is 1.30. The van der Waals surface area contributed by atoms with E-state index in [0.29, 0.717) is 36.6 Å². The van der Waals surface area contributed by atoms with E-state index in [2.05, 4.69) is 0 Å². The van der Waals surface area contributed by atoms with Crippen LogP contribution in [-0.2, 0) is 19.4 Å².